The number of aromatic nitrogens is 1. The summed E-state index contributed by atoms with van der Waals surface area (Å²) in [6.45, 7) is 0.757. The fourth-order valence-electron chi connectivity index (χ4n) is 3.74. The third kappa shape index (κ3) is 3.74. The van der Waals surface area contributed by atoms with Crippen molar-refractivity contribution in [1.29, 1.82) is 0 Å². The third-order valence-corrected chi connectivity index (χ3v) is 5.19. The molecule has 1 amide bonds. The molecule has 1 aliphatic heterocycles. The van der Waals surface area contributed by atoms with E-state index in [1.165, 1.54) is 6.20 Å². The Kier molecular flexibility index (Phi) is 5.33. The van der Waals surface area contributed by atoms with E-state index < -0.39 is 6.04 Å². The lowest BCUT2D eigenvalue weighted by atomic mass is 10.0. The zero-order valence-electron chi connectivity index (χ0n) is 15.6. The second kappa shape index (κ2) is 8.21. The van der Waals surface area contributed by atoms with Crippen LogP contribution >= 0.6 is 0 Å². The fraction of sp³-hybridized carbons (Fsp3) is 0.261. The molecule has 2 heterocycles. The van der Waals surface area contributed by atoms with E-state index in [0.29, 0.717) is 18.5 Å². The van der Waals surface area contributed by atoms with Gasteiger partial charge in [0.2, 0.25) is 0 Å². The van der Waals surface area contributed by atoms with Crippen molar-refractivity contribution in [1.82, 2.24) is 9.88 Å². The Morgan fingerprint density at radius 3 is 2.75 bits per heavy atom. The van der Waals surface area contributed by atoms with Gasteiger partial charge in [-0.05, 0) is 47.7 Å². The number of hydrogen-bond acceptors (Lipinski definition) is 4. The molecule has 5 heteroatoms. The van der Waals surface area contributed by atoms with Crippen LogP contribution in [0.1, 0.15) is 35.2 Å². The van der Waals surface area contributed by atoms with E-state index in [4.69, 9.17) is 4.74 Å². The molecule has 1 aromatic heterocycles. The molecule has 0 spiro atoms. The molecule has 0 bridgehead atoms. The Morgan fingerprint density at radius 1 is 1.04 bits per heavy atom. The Hall–Kier alpha value is -3.21. The first-order valence-corrected chi connectivity index (χ1v) is 9.58. The third-order valence-electron chi connectivity index (χ3n) is 5.19. The lowest BCUT2D eigenvalue weighted by Gasteiger charge is -2.34. The highest BCUT2D eigenvalue weighted by Crippen LogP contribution is 2.23. The van der Waals surface area contributed by atoms with E-state index in [9.17, 15) is 9.59 Å². The molecule has 142 valence electrons. The highest BCUT2D eigenvalue weighted by molar-refractivity contribution is 5.96. The fourth-order valence-corrected chi connectivity index (χ4v) is 3.74. The van der Waals surface area contributed by atoms with Crippen LogP contribution in [-0.4, -0.2) is 34.3 Å². The number of pyridine rings is 1. The average Bonchev–Trinajstić information content (AvgIpc) is 2.77. The average molecular weight is 374 g/mol. The molecule has 1 fully saturated rings. The first-order chi connectivity index (χ1) is 13.7. The molecule has 0 saturated carbocycles. The van der Waals surface area contributed by atoms with E-state index in [0.717, 1.165) is 29.2 Å². The first-order valence-electron chi connectivity index (χ1n) is 9.58. The number of carbonyl (C=O) groups is 2. The van der Waals surface area contributed by atoms with Gasteiger partial charge in [-0.1, -0.05) is 42.5 Å². The lowest BCUT2D eigenvalue weighted by Crippen LogP contribution is -2.48. The number of benzene rings is 2. The van der Waals surface area contributed by atoms with Gasteiger partial charge in [-0.25, -0.2) is 4.79 Å². The summed E-state index contributed by atoms with van der Waals surface area (Å²) < 4.78 is 5.64. The highest BCUT2D eigenvalue weighted by Gasteiger charge is 2.33. The van der Waals surface area contributed by atoms with Crippen molar-refractivity contribution in [3.05, 3.63) is 78.1 Å². The minimum absolute atomic E-state index is 0.167. The Morgan fingerprint density at radius 2 is 1.89 bits per heavy atom. The number of fused-ring (bicyclic) bond motifs is 1. The summed E-state index contributed by atoms with van der Waals surface area (Å²) >= 11 is 0. The number of rotatable bonds is 4. The molecule has 4 rings (SSSR count). The number of amides is 1. The molecule has 0 N–H and O–H groups in total. The summed E-state index contributed by atoms with van der Waals surface area (Å²) in [5.74, 6) is -0.509. The van der Waals surface area contributed by atoms with E-state index in [1.54, 1.807) is 23.2 Å². The number of esters is 1. The largest absolute Gasteiger partial charge is 0.459 e. The molecule has 0 radical (unpaired) electrons. The summed E-state index contributed by atoms with van der Waals surface area (Å²) in [6.07, 6.45) is 5.59. The minimum atomic E-state index is -0.545. The Balaban J connectivity index is 1.49. The molecule has 1 aliphatic rings. The van der Waals surface area contributed by atoms with Crippen LogP contribution in [-0.2, 0) is 16.1 Å². The van der Waals surface area contributed by atoms with Gasteiger partial charge < -0.3 is 9.64 Å². The van der Waals surface area contributed by atoms with Gasteiger partial charge in [0.25, 0.3) is 5.91 Å². The van der Waals surface area contributed by atoms with Gasteiger partial charge in [-0.15, -0.1) is 0 Å². The van der Waals surface area contributed by atoms with Crippen LogP contribution in [0.5, 0.6) is 0 Å². The number of carbonyl (C=O) groups excluding carboxylic acids is 2. The number of hydrogen-bond donors (Lipinski definition) is 0. The summed E-state index contributed by atoms with van der Waals surface area (Å²) in [4.78, 5) is 31.3. The highest BCUT2D eigenvalue weighted by atomic mass is 16.5. The van der Waals surface area contributed by atoms with Crippen LogP contribution < -0.4 is 0 Å². The summed E-state index contributed by atoms with van der Waals surface area (Å²) in [7, 11) is 0. The van der Waals surface area contributed by atoms with Gasteiger partial charge in [-0.3, -0.25) is 9.78 Å². The monoisotopic (exact) mass is 374 g/mol. The lowest BCUT2D eigenvalue weighted by molar-refractivity contribution is -0.151. The quantitative estimate of drug-likeness (QED) is 0.648. The van der Waals surface area contributed by atoms with Crippen LogP contribution in [0.3, 0.4) is 0 Å². The molecule has 1 atom stereocenters. The maximum Gasteiger partial charge on any atom is 0.329 e. The number of likely N-dealkylation sites (tertiary alicyclic amines) is 1. The van der Waals surface area contributed by atoms with E-state index in [1.807, 2.05) is 42.5 Å². The molecule has 1 saturated heterocycles. The molecular formula is C23H22N2O3. The van der Waals surface area contributed by atoms with Crippen molar-refractivity contribution in [3.8, 4) is 0 Å². The predicted octanol–water partition coefficient (Wildman–Crippen LogP) is 3.97. The normalized spacial score (nSPS) is 16.7. The van der Waals surface area contributed by atoms with E-state index in [-0.39, 0.29) is 18.5 Å². The second-order valence-corrected chi connectivity index (χ2v) is 7.00. The Bertz CT molecular complexity index is 982. The van der Waals surface area contributed by atoms with Crippen molar-refractivity contribution < 1.29 is 14.3 Å². The smallest absolute Gasteiger partial charge is 0.329 e. The van der Waals surface area contributed by atoms with E-state index >= 15 is 0 Å². The van der Waals surface area contributed by atoms with Gasteiger partial charge in [-0.2, -0.15) is 0 Å². The van der Waals surface area contributed by atoms with Crippen molar-refractivity contribution >= 4 is 22.6 Å². The topological polar surface area (TPSA) is 59.5 Å². The number of piperidine rings is 1. The van der Waals surface area contributed by atoms with Gasteiger partial charge in [0.15, 0.2) is 0 Å². The van der Waals surface area contributed by atoms with Crippen LogP contribution in [0, 0.1) is 0 Å². The molecule has 0 unspecified atom stereocenters. The number of ether oxygens (including phenoxy) is 1. The van der Waals surface area contributed by atoms with Gasteiger partial charge in [0.05, 0.1) is 5.56 Å². The molecule has 28 heavy (non-hydrogen) atoms. The van der Waals surface area contributed by atoms with Crippen LogP contribution in [0.2, 0.25) is 0 Å². The first kappa shape index (κ1) is 18.2. The summed E-state index contributed by atoms with van der Waals surface area (Å²) in [5.41, 5.74) is 1.46. The second-order valence-electron chi connectivity index (χ2n) is 7.00. The van der Waals surface area contributed by atoms with Crippen molar-refractivity contribution in [2.75, 3.05) is 6.54 Å². The molecule has 5 nitrogen and oxygen atoms in total. The molecular weight excluding hydrogens is 352 g/mol. The van der Waals surface area contributed by atoms with Crippen molar-refractivity contribution in [2.24, 2.45) is 0 Å². The van der Waals surface area contributed by atoms with Crippen LogP contribution in [0.25, 0.3) is 10.8 Å². The Labute approximate surface area is 163 Å². The van der Waals surface area contributed by atoms with Crippen molar-refractivity contribution in [3.63, 3.8) is 0 Å². The SMILES string of the molecule is O=C(OCc1cccc2ccccc12)[C@@H]1CCCCN1C(=O)c1cccnc1. The molecule has 0 aliphatic carbocycles. The minimum Gasteiger partial charge on any atom is -0.459 e. The standard InChI is InChI=1S/C23H22N2O3/c26-22(18-10-6-13-24-15-18)25-14-4-3-12-21(25)23(27)28-16-19-9-5-8-17-7-1-2-11-20(17)19/h1-2,5-11,13,15,21H,3-4,12,14,16H2/t21-/m0/s1. The zero-order chi connectivity index (χ0) is 19.3. The zero-order valence-corrected chi connectivity index (χ0v) is 15.6. The maximum absolute atomic E-state index is 12.8. The van der Waals surface area contributed by atoms with Gasteiger partial charge in [0, 0.05) is 18.9 Å². The van der Waals surface area contributed by atoms with Crippen LogP contribution in [0.4, 0.5) is 0 Å². The number of nitrogens with zero attached hydrogens (tertiary/aromatic N) is 2. The van der Waals surface area contributed by atoms with Crippen molar-refractivity contribution in [2.45, 2.75) is 31.9 Å². The van der Waals surface area contributed by atoms with Gasteiger partial charge in [0.1, 0.15) is 12.6 Å². The van der Waals surface area contributed by atoms with Gasteiger partial charge >= 0.3 is 5.97 Å². The summed E-state index contributed by atoms with van der Waals surface area (Å²) in [5, 5.41) is 2.19. The molecule has 3 aromatic rings. The van der Waals surface area contributed by atoms with Crippen LogP contribution in [0.15, 0.2) is 67.0 Å². The van der Waals surface area contributed by atoms with E-state index in [2.05, 4.69) is 4.98 Å². The maximum atomic E-state index is 12.8. The summed E-state index contributed by atoms with van der Waals surface area (Å²) in [6, 6.07) is 16.9. The molecule has 2 aromatic carbocycles. The predicted molar refractivity (Wildman–Crippen MR) is 107 cm³/mol.